The molecule has 1 N–H and O–H groups in total. The number of H-pyrrole nitrogens is 1. The van der Waals surface area contributed by atoms with Gasteiger partial charge in [-0.25, -0.2) is 4.98 Å². The third-order valence-electron chi connectivity index (χ3n) is 8.10. The third kappa shape index (κ3) is 6.72. The molecule has 0 aliphatic carbocycles. The van der Waals surface area contributed by atoms with Crippen molar-refractivity contribution in [1.82, 2.24) is 19.8 Å². The molecule has 0 spiro atoms. The fraction of sp³-hybridized carbons (Fsp3) is 0.621. The number of anilines is 2. The summed E-state index contributed by atoms with van der Waals surface area (Å²) in [7, 11) is 0. The molecule has 1 unspecified atom stereocenters. The van der Waals surface area contributed by atoms with E-state index in [4.69, 9.17) is 4.98 Å². The topological polar surface area (TPSA) is 75.8 Å². The molecule has 1 aromatic carbocycles. The van der Waals surface area contributed by atoms with Crippen LogP contribution in [0.5, 0.6) is 0 Å². The standard InChI is InChI=1S/C29H44N6O2/c1-5-7-10-24(6-2)28(37)34-16-18-35(19-17-34)29-30-25(20-27(36)31-29)21-32-12-14-33(15-13-32)26-11-8-9-22(3)23(26)4/h8-9,11,20,24H,5-7,10,12-19,21H2,1-4H3,(H,30,31,36). The van der Waals surface area contributed by atoms with Gasteiger partial charge >= 0.3 is 0 Å². The molecule has 0 radical (unpaired) electrons. The lowest BCUT2D eigenvalue weighted by Gasteiger charge is -2.37. The predicted octanol–water partition coefficient (Wildman–Crippen LogP) is 3.57. The Balaban J connectivity index is 1.32. The molecule has 2 fully saturated rings. The fourth-order valence-corrected chi connectivity index (χ4v) is 5.53. The van der Waals surface area contributed by atoms with Gasteiger partial charge in [-0.05, 0) is 43.9 Å². The lowest BCUT2D eigenvalue weighted by Crippen LogP contribution is -2.51. The van der Waals surface area contributed by atoms with Gasteiger partial charge in [0.2, 0.25) is 11.9 Å². The SMILES string of the molecule is CCCCC(CC)C(=O)N1CCN(c2nc(CN3CCN(c4cccc(C)c4C)CC3)cc(=O)[nH]2)CC1. The Morgan fingerprint density at radius 3 is 2.38 bits per heavy atom. The zero-order valence-corrected chi connectivity index (χ0v) is 23.1. The zero-order valence-electron chi connectivity index (χ0n) is 23.1. The Labute approximate surface area is 221 Å². The number of hydrogen-bond acceptors (Lipinski definition) is 6. The minimum absolute atomic E-state index is 0.113. The highest BCUT2D eigenvalue weighted by Gasteiger charge is 2.27. The van der Waals surface area contributed by atoms with Gasteiger partial charge in [0.25, 0.3) is 5.56 Å². The van der Waals surface area contributed by atoms with E-state index in [1.165, 1.54) is 16.8 Å². The number of benzene rings is 1. The summed E-state index contributed by atoms with van der Waals surface area (Å²) < 4.78 is 0. The van der Waals surface area contributed by atoms with E-state index in [0.717, 1.165) is 57.6 Å². The number of amides is 1. The van der Waals surface area contributed by atoms with Crippen molar-refractivity contribution in [2.45, 2.75) is 59.9 Å². The first-order chi connectivity index (χ1) is 17.9. The normalized spacial score (nSPS) is 17.8. The second-order valence-electron chi connectivity index (χ2n) is 10.6. The lowest BCUT2D eigenvalue weighted by atomic mass is 9.97. The van der Waals surface area contributed by atoms with Crippen LogP contribution in [0, 0.1) is 19.8 Å². The van der Waals surface area contributed by atoms with Gasteiger partial charge in [-0.2, -0.15) is 0 Å². The maximum atomic E-state index is 13.0. The molecule has 0 saturated carbocycles. The minimum Gasteiger partial charge on any atom is -0.369 e. The van der Waals surface area contributed by atoms with Crippen LogP contribution < -0.4 is 15.4 Å². The summed E-state index contributed by atoms with van der Waals surface area (Å²) in [6, 6.07) is 8.14. The third-order valence-corrected chi connectivity index (χ3v) is 8.10. The molecule has 2 aromatic rings. The summed E-state index contributed by atoms with van der Waals surface area (Å²) in [6.45, 7) is 15.9. The van der Waals surface area contributed by atoms with E-state index in [9.17, 15) is 9.59 Å². The highest BCUT2D eigenvalue weighted by molar-refractivity contribution is 5.79. The van der Waals surface area contributed by atoms with Gasteiger partial charge in [-0.1, -0.05) is 38.8 Å². The number of rotatable bonds is 9. The average molecular weight is 509 g/mol. The smallest absolute Gasteiger partial charge is 0.252 e. The molecular formula is C29H44N6O2. The fourth-order valence-electron chi connectivity index (χ4n) is 5.53. The molecule has 8 nitrogen and oxygen atoms in total. The van der Waals surface area contributed by atoms with E-state index in [2.05, 4.69) is 65.6 Å². The first-order valence-corrected chi connectivity index (χ1v) is 14.1. The van der Waals surface area contributed by atoms with Crippen LogP contribution in [-0.4, -0.2) is 78.0 Å². The number of carbonyl (C=O) groups is 1. The van der Waals surface area contributed by atoms with Crippen molar-refractivity contribution in [3.8, 4) is 0 Å². The number of aryl methyl sites for hydroxylation is 1. The molecular weight excluding hydrogens is 464 g/mol. The minimum atomic E-state index is -0.113. The molecule has 1 atom stereocenters. The van der Waals surface area contributed by atoms with Crippen LogP contribution in [0.4, 0.5) is 11.6 Å². The molecule has 1 amide bonds. The van der Waals surface area contributed by atoms with E-state index in [0.29, 0.717) is 38.7 Å². The zero-order chi connectivity index (χ0) is 26.4. The second kappa shape index (κ2) is 12.6. The quantitative estimate of drug-likeness (QED) is 0.558. The van der Waals surface area contributed by atoms with Crippen LogP contribution in [0.3, 0.4) is 0 Å². The maximum Gasteiger partial charge on any atom is 0.252 e. The van der Waals surface area contributed by atoms with Crippen molar-refractivity contribution in [2.24, 2.45) is 5.92 Å². The Bertz CT molecular complexity index is 1100. The van der Waals surface area contributed by atoms with E-state index >= 15 is 0 Å². The highest BCUT2D eigenvalue weighted by Crippen LogP contribution is 2.24. The predicted molar refractivity (Wildman–Crippen MR) is 150 cm³/mol. The Morgan fingerprint density at radius 2 is 1.70 bits per heavy atom. The summed E-state index contributed by atoms with van der Waals surface area (Å²) in [5.74, 6) is 1.04. The molecule has 2 aliphatic rings. The summed E-state index contributed by atoms with van der Waals surface area (Å²) in [4.78, 5) is 42.2. The monoisotopic (exact) mass is 508 g/mol. The first kappa shape index (κ1) is 27.2. The van der Waals surface area contributed by atoms with Crippen LogP contribution in [0.1, 0.15) is 56.4 Å². The number of nitrogens with one attached hydrogen (secondary N) is 1. The van der Waals surface area contributed by atoms with Gasteiger partial charge < -0.3 is 14.7 Å². The van der Waals surface area contributed by atoms with Gasteiger partial charge in [0, 0.05) is 76.6 Å². The number of aromatic amines is 1. The molecule has 37 heavy (non-hydrogen) atoms. The molecule has 0 bridgehead atoms. The average Bonchev–Trinajstić information content (AvgIpc) is 2.91. The first-order valence-electron chi connectivity index (χ1n) is 14.1. The van der Waals surface area contributed by atoms with Crippen LogP contribution >= 0.6 is 0 Å². The van der Waals surface area contributed by atoms with Gasteiger partial charge in [0.05, 0.1) is 5.69 Å². The lowest BCUT2D eigenvalue weighted by molar-refractivity contribution is -0.136. The molecule has 8 heteroatoms. The molecule has 3 heterocycles. The highest BCUT2D eigenvalue weighted by atomic mass is 16.2. The van der Waals surface area contributed by atoms with Gasteiger partial charge in [0.1, 0.15) is 0 Å². The summed E-state index contributed by atoms with van der Waals surface area (Å²) in [5.41, 5.74) is 4.70. The summed E-state index contributed by atoms with van der Waals surface area (Å²) >= 11 is 0. The summed E-state index contributed by atoms with van der Waals surface area (Å²) in [5, 5.41) is 0. The van der Waals surface area contributed by atoms with Crippen molar-refractivity contribution in [3.63, 3.8) is 0 Å². The Kier molecular flexibility index (Phi) is 9.24. The molecule has 4 rings (SSSR count). The van der Waals surface area contributed by atoms with Gasteiger partial charge in [-0.15, -0.1) is 0 Å². The van der Waals surface area contributed by atoms with Crippen LogP contribution in [0.2, 0.25) is 0 Å². The van der Waals surface area contributed by atoms with Crippen molar-refractivity contribution >= 4 is 17.5 Å². The van der Waals surface area contributed by atoms with E-state index in [-0.39, 0.29) is 17.4 Å². The molecule has 1 aromatic heterocycles. The second-order valence-corrected chi connectivity index (χ2v) is 10.6. The number of aromatic nitrogens is 2. The number of piperazine rings is 2. The largest absolute Gasteiger partial charge is 0.369 e. The Hall–Kier alpha value is -2.87. The maximum absolute atomic E-state index is 13.0. The Morgan fingerprint density at radius 1 is 1.00 bits per heavy atom. The van der Waals surface area contributed by atoms with Crippen LogP contribution in [-0.2, 0) is 11.3 Å². The number of unbranched alkanes of at least 4 members (excludes halogenated alkanes) is 1. The van der Waals surface area contributed by atoms with Crippen LogP contribution in [0.15, 0.2) is 29.1 Å². The summed E-state index contributed by atoms with van der Waals surface area (Å²) in [6.07, 6.45) is 4.09. The van der Waals surface area contributed by atoms with E-state index in [1.54, 1.807) is 6.07 Å². The van der Waals surface area contributed by atoms with Gasteiger partial charge in [0.15, 0.2) is 0 Å². The molecule has 2 saturated heterocycles. The van der Waals surface area contributed by atoms with Crippen LogP contribution in [0.25, 0.3) is 0 Å². The molecule has 2 aliphatic heterocycles. The van der Waals surface area contributed by atoms with Crippen molar-refractivity contribution < 1.29 is 4.79 Å². The molecule has 202 valence electrons. The van der Waals surface area contributed by atoms with Crippen molar-refractivity contribution in [3.05, 3.63) is 51.4 Å². The number of carbonyl (C=O) groups excluding carboxylic acids is 1. The number of nitrogens with zero attached hydrogens (tertiary/aromatic N) is 5. The van der Waals surface area contributed by atoms with Gasteiger partial charge in [-0.3, -0.25) is 19.5 Å². The van der Waals surface area contributed by atoms with Crippen molar-refractivity contribution in [2.75, 3.05) is 62.2 Å². The number of hydrogen-bond donors (Lipinski definition) is 1. The van der Waals surface area contributed by atoms with Crippen molar-refractivity contribution in [1.29, 1.82) is 0 Å². The van der Waals surface area contributed by atoms with E-state index < -0.39 is 0 Å². The van der Waals surface area contributed by atoms with E-state index in [1.807, 2.05) is 4.90 Å².